The van der Waals surface area contributed by atoms with Crippen LogP contribution in [-0.4, -0.2) is 23.8 Å². The number of rotatable bonds is 4. The Morgan fingerprint density at radius 3 is 2.35 bits per heavy atom. The largest absolute Gasteiger partial charge is 0.370 e. The number of ether oxygens (including phenoxy) is 1. The number of hydrogen-bond donors (Lipinski definition) is 1. The summed E-state index contributed by atoms with van der Waals surface area (Å²) in [5.41, 5.74) is 0.306. The van der Waals surface area contributed by atoms with Crippen molar-refractivity contribution in [1.29, 1.82) is 0 Å². The van der Waals surface area contributed by atoms with Gasteiger partial charge in [-0.2, -0.15) is 0 Å². The Kier molecular flexibility index (Phi) is 5.53. The van der Waals surface area contributed by atoms with Crippen LogP contribution in [0.25, 0.3) is 0 Å². The standard InChI is InChI=1S/C18H35NO/c1-15-9-8-10-16(13-15)20-18(11-6-5-7-12-18)14-19-17(2,3)4/h15-16,19H,5-14H2,1-4H3. The van der Waals surface area contributed by atoms with Crippen LogP contribution < -0.4 is 5.32 Å². The minimum atomic E-state index is 0.118. The Morgan fingerprint density at radius 2 is 1.75 bits per heavy atom. The summed E-state index contributed by atoms with van der Waals surface area (Å²) in [7, 11) is 0. The van der Waals surface area contributed by atoms with Gasteiger partial charge < -0.3 is 10.1 Å². The van der Waals surface area contributed by atoms with Gasteiger partial charge in [-0.25, -0.2) is 0 Å². The quantitative estimate of drug-likeness (QED) is 0.808. The fraction of sp³-hybridized carbons (Fsp3) is 1.00. The van der Waals surface area contributed by atoms with Crippen LogP contribution in [0, 0.1) is 5.92 Å². The predicted octanol–water partition coefficient (Wildman–Crippen LogP) is 4.67. The summed E-state index contributed by atoms with van der Waals surface area (Å²) < 4.78 is 6.72. The van der Waals surface area contributed by atoms with Crippen molar-refractivity contribution in [2.75, 3.05) is 6.54 Å². The van der Waals surface area contributed by atoms with Crippen LogP contribution in [0.3, 0.4) is 0 Å². The second-order valence-electron chi connectivity index (χ2n) is 8.36. The van der Waals surface area contributed by atoms with E-state index in [1.165, 1.54) is 57.8 Å². The first-order chi connectivity index (χ1) is 9.39. The first kappa shape index (κ1) is 16.3. The summed E-state index contributed by atoms with van der Waals surface area (Å²) in [6, 6.07) is 0. The summed E-state index contributed by atoms with van der Waals surface area (Å²) in [5.74, 6) is 0.852. The van der Waals surface area contributed by atoms with Gasteiger partial charge in [-0.05, 0) is 52.4 Å². The monoisotopic (exact) mass is 281 g/mol. The van der Waals surface area contributed by atoms with E-state index in [9.17, 15) is 0 Å². The van der Waals surface area contributed by atoms with Crippen LogP contribution in [0.4, 0.5) is 0 Å². The second-order valence-corrected chi connectivity index (χ2v) is 8.36. The molecule has 0 spiro atoms. The van der Waals surface area contributed by atoms with Gasteiger partial charge in [0, 0.05) is 12.1 Å². The zero-order chi connectivity index (χ0) is 14.6. The van der Waals surface area contributed by atoms with Gasteiger partial charge in [-0.15, -0.1) is 0 Å². The molecule has 0 aromatic rings. The lowest BCUT2D eigenvalue weighted by Crippen LogP contribution is -2.51. The predicted molar refractivity (Wildman–Crippen MR) is 86.1 cm³/mol. The molecule has 0 aliphatic heterocycles. The van der Waals surface area contributed by atoms with Crippen molar-refractivity contribution in [3.05, 3.63) is 0 Å². The summed E-state index contributed by atoms with van der Waals surface area (Å²) in [4.78, 5) is 0. The zero-order valence-corrected chi connectivity index (χ0v) is 14.1. The summed E-state index contributed by atoms with van der Waals surface area (Å²) >= 11 is 0. The molecule has 0 radical (unpaired) electrons. The average Bonchev–Trinajstić information content (AvgIpc) is 2.37. The fourth-order valence-electron chi connectivity index (χ4n) is 3.80. The van der Waals surface area contributed by atoms with Gasteiger partial charge in [-0.1, -0.05) is 39.0 Å². The molecular weight excluding hydrogens is 246 g/mol. The van der Waals surface area contributed by atoms with E-state index >= 15 is 0 Å². The van der Waals surface area contributed by atoms with Crippen molar-refractivity contribution >= 4 is 0 Å². The van der Waals surface area contributed by atoms with E-state index in [1.807, 2.05) is 0 Å². The lowest BCUT2D eigenvalue weighted by atomic mass is 9.82. The molecule has 2 atom stereocenters. The molecular formula is C18H35NO. The maximum absolute atomic E-state index is 6.72. The van der Waals surface area contributed by atoms with Gasteiger partial charge >= 0.3 is 0 Å². The van der Waals surface area contributed by atoms with E-state index in [2.05, 4.69) is 33.0 Å². The van der Waals surface area contributed by atoms with Crippen molar-refractivity contribution in [2.45, 2.75) is 103 Å². The van der Waals surface area contributed by atoms with E-state index in [0.717, 1.165) is 12.5 Å². The average molecular weight is 281 g/mol. The minimum absolute atomic E-state index is 0.118. The molecule has 2 aliphatic rings. The molecule has 20 heavy (non-hydrogen) atoms. The van der Waals surface area contributed by atoms with Crippen LogP contribution >= 0.6 is 0 Å². The van der Waals surface area contributed by atoms with Gasteiger partial charge in [0.25, 0.3) is 0 Å². The fourth-order valence-corrected chi connectivity index (χ4v) is 3.80. The normalized spacial score (nSPS) is 31.2. The SMILES string of the molecule is CC1CCCC(OC2(CNC(C)(C)C)CCCCC2)C1. The molecule has 2 heteroatoms. The van der Waals surface area contributed by atoms with Gasteiger partial charge in [0.05, 0.1) is 11.7 Å². The first-order valence-electron chi connectivity index (χ1n) is 8.81. The molecule has 2 aliphatic carbocycles. The van der Waals surface area contributed by atoms with Crippen LogP contribution in [0.1, 0.15) is 85.5 Å². The molecule has 2 rings (SSSR count). The van der Waals surface area contributed by atoms with Crippen molar-refractivity contribution in [3.63, 3.8) is 0 Å². The molecule has 2 fully saturated rings. The first-order valence-corrected chi connectivity index (χ1v) is 8.81. The topological polar surface area (TPSA) is 21.3 Å². The van der Waals surface area contributed by atoms with Crippen LogP contribution in [-0.2, 0) is 4.74 Å². The highest BCUT2D eigenvalue weighted by Crippen LogP contribution is 2.36. The van der Waals surface area contributed by atoms with Crippen molar-refractivity contribution in [2.24, 2.45) is 5.92 Å². The molecule has 118 valence electrons. The van der Waals surface area contributed by atoms with Crippen LogP contribution in [0.2, 0.25) is 0 Å². The maximum atomic E-state index is 6.72. The lowest BCUT2D eigenvalue weighted by Gasteiger charge is -2.43. The zero-order valence-electron chi connectivity index (χ0n) is 14.1. The van der Waals surface area contributed by atoms with E-state index in [4.69, 9.17) is 4.74 Å². The Hall–Kier alpha value is -0.0800. The smallest absolute Gasteiger partial charge is 0.0810 e. The lowest BCUT2D eigenvalue weighted by molar-refractivity contribution is -0.128. The van der Waals surface area contributed by atoms with Gasteiger partial charge in [0.15, 0.2) is 0 Å². The van der Waals surface area contributed by atoms with E-state index in [0.29, 0.717) is 6.10 Å². The molecule has 0 bridgehead atoms. The van der Waals surface area contributed by atoms with Crippen LogP contribution in [0.15, 0.2) is 0 Å². The number of hydrogen-bond acceptors (Lipinski definition) is 2. The van der Waals surface area contributed by atoms with Crippen molar-refractivity contribution in [1.82, 2.24) is 5.32 Å². The molecule has 0 saturated heterocycles. The Bertz CT molecular complexity index is 288. The van der Waals surface area contributed by atoms with Gasteiger partial charge in [0.1, 0.15) is 0 Å². The Morgan fingerprint density at radius 1 is 1.05 bits per heavy atom. The Labute approximate surface area is 126 Å². The molecule has 2 nitrogen and oxygen atoms in total. The maximum Gasteiger partial charge on any atom is 0.0810 e. The highest BCUT2D eigenvalue weighted by atomic mass is 16.5. The summed E-state index contributed by atoms with van der Waals surface area (Å²) in [6.07, 6.45) is 12.4. The van der Waals surface area contributed by atoms with E-state index < -0.39 is 0 Å². The van der Waals surface area contributed by atoms with E-state index in [-0.39, 0.29) is 11.1 Å². The summed E-state index contributed by atoms with van der Waals surface area (Å²) in [5, 5.41) is 3.71. The molecule has 0 heterocycles. The third-order valence-electron chi connectivity index (χ3n) is 5.01. The van der Waals surface area contributed by atoms with Crippen LogP contribution in [0.5, 0.6) is 0 Å². The van der Waals surface area contributed by atoms with Gasteiger partial charge in [-0.3, -0.25) is 0 Å². The van der Waals surface area contributed by atoms with E-state index in [1.54, 1.807) is 0 Å². The second kappa shape index (κ2) is 6.79. The molecule has 0 amide bonds. The third-order valence-corrected chi connectivity index (χ3v) is 5.01. The third kappa shape index (κ3) is 5.04. The van der Waals surface area contributed by atoms with Crippen molar-refractivity contribution in [3.8, 4) is 0 Å². The molecule has 0 aromatic carbocycles. The van der Waals surface area contributed by atoms with Crippen molar-refractivity contribution < 1.29 is 4.74 Å². The molecule has 1 N–H and O–H groups in total. The molecule has 0 aromatic heterocycles. The highest BCUT2D eigenvalue weighted by Gasteiger charge is 2.37. The minimum Gasteiger partial charge on any atom is -0.370 e. The van der Waals surface area contributed by atoms with Gasteiger partial charge in [0.2, 0.25) is 0 Å². The highest BCUT2D eigenvalue weighted by molar-refractivity contribution is 4.91. The number of nitrogens with one attached hydrogen (secondary N) is 1. The molecule has 2 unspecified atom stereocenters. The summed E-state index contributed by atoms with van der Waals surface area (Å²) in [6.45, 7) is 10.2. The Balaban J connectivity index is 1.95. The molecule has 2 saturated carbocycles.